The van der Waals surface area contributed by atoms with Gasteiger partial charge in [0.15, 0.2) is 0 Å². The van der Waals surface area contributed by atoms with E-state index in [2.05, 4.69) is 147 Å². The molecular weight excluding hydrogens is 388 g/mol. The largest absolute Gasteiger partial charge is 0.378 e. The summed E-state index contributed by atoms with van der Waals surface area (Å²) in [6.45, 7) is 0. The number of rotatable bonds is 6. The van der Waals surface area contributed by atoms with Gasteiger partial charge in [-0.3, -0.25) is 0 Å². The second kappa shape index (κ2) is 9.57. The molecule has 0 radical (unpaired) electrons. The van der Waals surface area contributed by atoms with Gasteiger partial charge < -0.3 is 9.80 Å². The van der Waals surface area contributed by atoms with Crippen LogP contribution in [0.1, 0.15) is 22.3 Å². The molecule has 4 aromatic carbocycles. The summed E-state index contributed by atoms with van der Waals surface area (Å²) in [6, 6.07) is 39.1. The molecule has 0 aliphatic rings. The summed E-state index contributed by atoms with van der Waals surface area (Å²) < 4.78 is 0. The molecule has 2 heteroatoms. The third-order valence-corrected chi connectivity index (χ3v) is 5.72. The summed E-state index contributed by atoms with van der Waals surface area (Å²) in [5.41, 5.74) is 9.69. The molecule has 0 N–H and O–H groups in total. The zero-order valence-electron chi connectivity index (χ0n) is 19.3. The Bertz CT molecular complexity index is 1070. The van der Waals surface area contributed by atoms with Crippen molar-refractivity contribution >= 4 is 22.5 Å². The molecule has 0 saturated carbocycles. The number of anilines is 2. The van der Waals surface area contributed by atoms with E-state index in [1.807, 2.05) is 0 Å². The van der Waals surface area contributed by atoms with E-state index in [9.17, 15) is 0 Å². The lowest BCUT2D eigenvalue weighted by Crippen LogP contribution is -2.08. The van der Waals surface area contributed by atoms with Crippen molar-refractivity contribution in [2.24, 2.45) is 0 Å². The molecule has 4 rings (SSSR count). The quantitative estimate of drug-likeness (QED) is 0.317. The third-order valence-electron chi connectivity index (χ3n) is 5.72. The Hall–Kier alpha value is -3.78. The second-order valence-corrected chi connectivity index (χ2v) is 8.36. The highest BCUT2D eigenvalue weighted by molar-refractivity contribution is 6.04. The minimum Gasteiger partial charge on any atom is -0.378 e. The molecule has 2 nitrogen and oxygen atoms in total. The Morgan fingerprint density at radius 3 is 0.938 bits per heavy atom. The van der Waals surface area contributed by atoms with E-state index in [1.165, 1.54) is 44.8 Å². The Morgan fingerprint density at radius 1 is 0.375 bits per heavy atom. The molecule has 0 fully saturated rings. The lowest BCUT2D eigenvalue weighted by Gasteiger charge is -2.20. The van der Waals surface area contributed by atoms with Gasteiger partial charge in [-0.1, -0.05) is 84.9 Å². The normalized spacial score (nSPS) is 11.6. The molecule has 0 spiro atoms. The van der Waals surface area contributed by atoms with E-state index in [4.69, 9.17) is 0 Å². The van der Waals surface area contributed by atoms with Crippen LogP contribution in [0.4, 0.5) is 11.4 Å². The zero-order chi connectivity index (χ0) is 22.5. The lowest BCUT2D eigenvalue weighted by molar-refractivity contribution is 1.13. The molecule has 0 bridgehead atoms. The van der Waals surface area contributed by atoms with E-state index < -0.39 is 0 Å². The van der Waals surface area contributed by atoms with E-state index >= 15 is 0 Å². The van der Waals surface area contributed by atoms with Crippen molar-refractivity contribution in [2.75, 3.05) is 38.0 Å². The summed E-state index contributed by atoms with van der Waals surface area (Å²) >= 11 is 0. The fourth-order valence-electron chi connectivity index (χ4n) is 3.97. The predicted octanol–water partition coefficient (Wildman–Crippen LogP) is 6.83. The van der Waals surface area contributed by atoms with Crippen molar-refractivity contribution < 1.29 is 0 Å². The maximum Gasteiger partial charge on any atom is 0.0361 e. The van der Waals surface area contributed by atoms with E-state index in [-0.39, 0.29) is 0 Å². The van der Waals surface area contributed by atoms with Crippen molar-refractivity contribution in [2.45, 2.75) is 0 Å². The van der Waals surface area contributed by atoms with Crippen LogP contribution in [0, 0.1) is 0 Å². The topological polar surface area (TPSA) is 6.48 Å². The average Bonchev–Trinajstić information content (AvgIpc) is 2.84. The number of hydrogen-bond acceptors (Lipinski definition) is 2. The van der Waals surface area contributed by atoms with Crippen LogP contribution in [0.2, 0.25) is 0 Å². The molecule has 0 unspecified atom stereocenters. The highest BCUT2D eigenvalue weighted by Gasteiger charge is 2.16. The second-order valence-electron chi connectivity index (χ2n) is 8.36. The van der Waals surface area contributed by atoms with Crippen LogP contribution in [-0.4, -0.2) is 28.2 Å². The standard InChI is InChI=1S/C30H30N2/c1-31(2)27-19-15-25(16-20-27)29(23-11-7-5-8-12-23)30(24-13-9-6-10-14-24)26-17-21-28(22-18-26)32(3)4/h5-22H,1-4H3. The molecule has 32 heavy (non-hydrogen) atoms. The maximum absolute atomic E-state index is 2.23. The summed E-state index contributed by atoms with van der Waals surface area (Å²) in [4.78, 5) is 4.27. The first kappa shape index (κ1) is 21.5. The summed E-state index contributed by atoms with van der Waals surface area (Å²) in [7, 11) is 8.30. The Morgan fingerprint density at radius 2 is 0.656 bits per heavy atom. The van der Waals surface area contributed by atoms with Gasteiger partial charge >= 0.3 is 0 Å². The van der Waals surface area contributed by atoms with E-state index in [1.54, 1.807) is 0 Å². The van der Waals surface area contributed by atoms with Crippen LogP contribution in [0.15, 0.2) is 109 Å². The van der Waals surface area contributed by atoms with Crippen molar-refractivity contribution in [1.82, 2.24) is 0 Å². The first-order valence-corrected chi connectivity index (χ1v) is 11.0. The van der Waals surface area contributed by atoms with Crippen LogP contribution in [0.3, 0.4) is 0 Å². The van der Waals surface area contributed by atoms with E-state index in [0.717, 1.165) is 0 Å². The molecular formula is C30H30N2. The minimum atomic E-state index is 1.19. The Kier molecular flexibility index (Phi) is 6.42. The molecule has 0 aliphatic carbocycles. The molecule has 0 saturated heterocycles. The molecule has 0 aromatic heterocycles. The van der Waals surface area contributed by atoms with E-state index in [0.29, 0.717) is 0 Å². The van der Waals surface area contributed by atoms with Gasteiger partial charge in [0.1, 0.15) is 0 Å². The van der Waals surface area contributed by atoms with Crippen LogP contribution in [0.5, 0.6) is 0 Å². The molecule has 160 valence electrons. The lowest BCUT2D eigenvalue weighted by atomic mass is 9.85. The monoisotopic (exact) mass is 418 g/mol. The molecule has 4 aromatic rings. The van der Waals surface area contributed by atoms with Gasteiger partial charge in [-0.15, -0.1) is 0 Å². The SMILES string of the molecule is CN(C)c1ccc(C(=C(c2ccccc2)c2ccc(N(C)C)cc2)c2ccccc2)cc1. The van der Waals surface area contributed by atoms with Crippen molar-refractivity contribution in [3.63, 3.8) is 0 Å². The van der Waals surface area contributed by atoms with Gasteiger partial charge in [0.25, 0.3) is 0 Å². The average molecular weight is 419 g/mol. The van der Waals surface area contributed by atoms with Crippen LogP contribution in [-0.2, 0) is 0 Å². The summed E-state index contributed by atoms with van der Waals surface area (Å²) in [6.07, 6.45) is 0. The number of nitrogens with zero attached hydrogens (tertiary/aromatic N) is 2. The van der Waals surface area contributed by atoms with Gasteiger partial charge in [-0.05, 0) is 57.7 Å². The smallest absolute Gasteiger partial charge is 0.0361 e. The van der Waals surface area contributed by atoms with Crippen molar-refractivity contribution in [3.05, 3.63) is 131 Å². The van der Waals surface area contributed by atoms with Gasteiger partial charge in [-0.25, -0.2) is 0 Å². The first-order valence-electron chi connectivity index (χ1n) is 11.0. The summed E-state index contributed by atoms with van der Waals surface area (Å²) in [5, 5.41) is 0. The van der Waals surface area contributed by atoms with Crippen LogP contribution >= 0.6 is 0 Å². The Balaban J connectivity index is 2.01. The number of hydrogen-bond donors (Lipinski definition) is 0. The van der Waals surface area contributed by atoms with Crippen LogP contribution in [0.25, 0.3) is 11.1 Å². The third kappa shape index (κ3) is 4.60. The van der Waals surface area contributed by atoms with Gasteiger partial charge in [-0.2, -0.15) is 0 Å². The first-order chi connectivity index (χ1) is 15.5. The van der Waals surface area contributed by atoms with Crippen molar-refractivity contribution in [3.8, 4) is 0 Å². The van der Waals surface area contributed by atoms with Crippen molar-refractivity contribution in [1.29, 1.82) is 0 Å². The van der Waals surface area contributed by atoms with Gasteiger partial charge in [0.05, 0.1) is 0 Å². The molecule has 0 amide bonds. The minimum absolute atomic E-state index is 1.19. The summed E-state index contributed by atoms with van der Waals surface area (Å²) in [5.74, 6) is 0. The van der Waals surface area contributed by atoms with Gasteiger partial charge in [0, 0.05) is 39.6 Å². The Labute approximate surface area is 192 Å². The van der Waals surface area contributed by atoms with Crippen LogP contribution < -0.4 is 9.80 Å². The zero-order valence-corrected chi connectivity index (χ0v) is 19.3. The van der Waals surface area contributed by atoms with Gasteiger partial charge in [0.2, 0.25) is 0 Å². The molecule has 0 heterocycles. The highest BCUT2D eigenvalue weighted by Crippen LogP contribution is 2.37. The predicted molar refractivity (Wildman–Crippen MR) is 139 cm³/mol. The highest BCUT2D eigenvalue weighted by atomic mass is 15.1. The fourth-order valence-corrected chi connectivity index (χ4v) is 3.97. The number of benzene rings is 4. The molecule has 0 atom stereocenters. The maximum atomic E-state index is 2.23. The molecule has 0 aliphatic heterocycles. The fraction of sp³-hybridized carbons (Fsp3) is 0.133.